The first-order chi connectivity index (χ1) is 12.5. The predicted octanol–water partition coefficient (Wildman–Crippen LogP) is 2.35. The summed E-state index contributed by atoms with van der Waals surface area (Å²) in [6.07, 6.45) is 3.24. The lowest BCUT2D eigenvalue weighted by molar-refractivity contribution is -0.305. The third-order valence-electron chi connectivity index (χ3n) is 4.24. The Labute approximate surface area is 155 Å². The summed E-state index contributed by atoms with van der Waals surface area (Å²) in [6, 6.07) is 9.14. The van der Waals surface area contributed by atoms with Gasteiger partial charge in [0, 0.05) is 23.0 Å². The summed E-state index contributed by atoms with van der Waals surface area (Å²) < 4.78 is 0. The number of amides is 2. The third-order valence-corrected chi connectivity index (χ3v) is 5.45. The van der Waals surface area contributed by atoms with Crippen molar-refractivity contribution >= 4 is 39.8 Å². The first kappa shape index (κ1) is 18.1. The fourth-order valence-corrected chi connectivity index (χ4v) is 4.32. The average molecular weight is 371 g/mol. The zero-order valence-corrected chi connectivity index (χ0v) is 15.0. The molecule has 1 aromatic heterocycles. The highest BCUT2D eigenvalue weighted by molar-refractivity contribution is 7.17. The number of carboxylic acid groups (broad SMARTS) is 1. The van der Waals surface area contributed by atoms with Crippen LogP contribution in [0.1, 0.15) is 46.5 Å². The van der Waals surface area contributed by atoms with E-state index in [1.54, 1.807) is 12.1 Å². The first-order valence-electron chi connectivity index (χ1n) is 8.55. The molecule has 2 aromatic rings. The van der Waals surface area contributed by atoms with Crippen LogP contribution in [-0.4, -0.2) is 17.8 Å². The van der Waals surface area contributed by atoms with E-state index >= 15 is 0 Å². The Hall–Kier alpha value is -2.67. The molecule has 0 aliphatic heterocycles. The monoisotopic (exact) mass is 371 g/mol. The lowest BCUT2D eigenvalue weighted by Gasteiger charge is -2.13. The van der Waals surface area contributed by atoms with E-state index in [0.29, 0.717) is 16.3 Å². The summed E-state index contributed by atoms with van der Waals surface area (Å²) in [4.78, 5) is 36.5. The average Bonchev–Trinajstić information content (AvgIpc) is 2.98. The van der Waals surface area contributed by atoms with Crippen molar-refractivity contribution in [1.82, 2.24) is 0 Å². The molecule has 1 heterocycles. The summed E-state index contributed by atoms with van der Waals surface area (Å²) in [6.45, 7) is 0. The van der Waals surface area contributed by atoms with Gasteiger partial charge in [-0.05, 0) is 49.8 Å². The number of fused-ring (bicyclic) bond motifs is 1. The van der Waals surface area contributed by atoms with Gasteiger partial charge in [-0.1, -0.05) is 18.2 Å². The van der Waals surface area contributed by atoms with Crippen LogP contribution in [0, 0.1) is 0 Å². The minimum Gasteiger partial charge on any atom is -0.550 e. The lowest BCUT2D eigenvalue weighted by atomic mass is 9.95. The number of aliphatic carboxylic acids is 1. The van der Waals surface area contributed by atoms with E-state index in [2.05, 4.69) is 10.6 Å². The molecule has 0 atom stereocenters. The van der Waals surface area contributed by atoms with Crippen molar-refractivity contribution < 1.29 is 19.5 Å². The smallest absolute Gasteiger partial charge is 0.258 e. The molecule has 0 spiro atoms. The second kappa shape index (κ2) is 8.14. The molecule has 0 fully saturated rings. The van der Waals surface area contributed by atoms with Crippen LogP contribution < -0.4 is 15.7 Å². The van der Waals surface area contributed by atoms with Gasteiger partial charge < -0.3 is 20.5 Å². The number of rotatable bonds is 6. The van der Waals surface area contributed by atoms with Crippen molar-refractivity contribution in [2.45, 2.75) is 38.5 Å². The quantitative estimate of drug-likeness (QED) is 0.814. The van der Waals surface area contributed by atoms with E-state index in [1.807, 2.05) is 18.2 Å². The number of aryl methyl sites for hydroxylation is 1. The van der Waals surface area contributed by atoms with Crippen LogP contribution in [0.25, 0.3) is 0 Å². The van der Waals surface area contributed by atoms with Gasteiger partial charge in [-0.3, -0.25) is 9.59 Å². The van der Waals surface area contributed by atoms with E-state index in [-0.39, 0.29) is 18.7 Å². The summed E-state index contributed by atoms with van der Waals surface area (Å²) in [7, 11) is 0. The molecule has 136 valence electrons. The first-order valence-corrected chi connectivity index (χ1v) is 9.37. The fraction of sp³-hybridized carbons (Fsp3) is 0.316. The van der Waals surface area contributed by atoms with Crippen LogP contribution >= 0.6 is 11.3 Å². The zero-order chi connectivity index (χ0) is 18.5. The van der Waals surface area contributed by atoms with Crippen molar-refractivity contribution in [2.24, 2.45) is 0 Å². The minimum absolute atomic E-state index is 0.176. The van der Waals surface area contributed by atoms with E-state index in [0.717, 1.165) is 36.1 Å². The molecule has 26 heavy (non-hydrogen) atoms. The molecule has 3 rings (SSSR count). The van der Waals surface area contributed by atoms with Gasteiger partial charge in [0.2, 0.25) is 5.91 Å². The number of carbonyl (C=O) groups excluding carboxylic acids is 3. The van der Waals surface area contributed by atoms with Crippen molar-refractivity contribution in [3.63, 3.8) is 0 Å². The molecule has 1 aliphatic rings. The number of para-hydroxylation sites is 1. The molecular formula is C19H19N2O4S-. The second-order valence-electron chi connectivity index (χ2n) is 6.16. The minimum atomic E-state index is -1.27. The van der Waals surface area contributed by atoms with Crippen LogP contribution in [0.3, 0.4) is 0 Å². The van der Waals surface area contributed by atoms with Crippen LogP contribution in [0.15, 0.2) is 30.3 Å². The molecule has 0 unspecified atom stereocenters. The highest BCUT2D eigenvalue weighted by Gasteiger charge is 2.26. The van der Waals surface area contributed by atoms with Gasteiger partial charge in [-0.25, -0.2) is 0 Å². The number of hydrogen-bond donors (Lipinski definition) is 2. The van der Waals surface area contributed by atoms with Gasteiger partial charge in [-0.15, -0.1) is 11.3 Å². The molecule has 0 saturated heterocycles. The highest BCUT2D eigenvalue weighted by Crippen LogP contribution is 2.38. The maximum atomic E-state index is 12.9. The van der Waals surface area contributed by atoms with Crippen molar-refractivity contribution in [3.8, 4) is 0 Å². The predicted molar refractivity (Wildman–Crippen MR) is 98.2 cm³/mol. The van der Waals surface area contributed by atoms with Gasteiger partial charge in [0.15, 0.2) is 0 Å². The fourth-order valence-electron chi connectivity index (χ4n) is 3.01. The zero-order valence-electron chi connectivity index (χ0n) is 14.2. The number of thiophene rings is 1. The summed E-state index contributed by atoms with van der Waals surface area (Å²) in [5.74, 6) is -1.96. The van der Waals surface area contributed by atoms with Crippen LogP contribution in [-0.2, 0) is 22.4 Å². The molecule has 1 aromatic carbocycles. The number of carboxylic acids is 1. The normalized spacial score (nSPS) is 12.9. The molecule has 0 bridgehead atoms. The van der Waals surface area contributed by atoms with E-state index in [4.69, 9.17) is 0 Å². The van der Waals surface area contributed by atoms with Crippen molar-refractivity contribution in [2.75, 3.05) is 10.6 Å². The van der Waals surface area contributed by atoms with Gasteiger partial charge in [0.1, 0.15) is 5.00 Å². The van der Waals surface area contributed by atoms with Gasteiger partial charge in [0.05, 0.1) is 5.56 Å². The van der Waals surface area contributed by atoms with Crippen molar-refractivity contribution in [1.29, 1.82) is 0 Å². The second-order valence-corrected chi connectivity index (χ2v) is 7.26. The number of anilines is 2. The molecule has 7 heteroatoms. The van der Waals surface area contributed by atoms with Gasteiger partial charge in [0.25, 0.3) is 5.91 Å². The number of carbonyl (C=O) groups is 3. The van der Waals surface area contributed by atoms with E-state index in [9.17, 15) is 19.5 Å². The number of hydrogen-bond acceptors (Lipinski definition) is 5. The topological polar surface area (TPSA) is 98.3 Å². The SMILES string of the molecule is O=C([O-])CCC(=O)Nc1sc2c(c1C(=O)Nc1ccccc1)CCCC2. The highest BCUT2D eigenvalue weighted by atomic mass is 32.1. The van der Waals surface area contributed by atoms with E-state index in [1.165, 1.54) is 11.3 Å². The molecule has 2 amide bonds. The third kappa shape index (κ3) is 4.29. The van der Waals surface area contributed by atoms with Gasteiger partial charge >= 0.3 is 0 Å². The molecule has 0 saturated carbocycles. The number of benzene rings is 1. The molecule has 0 radical (unpaired) electrons. The molecule has 2 N–H and O–H groups in total. The Bertz CT molecular complexity index is 830. The Balaban J connectivity index is 1.84. The lowest BCUT2D eigenvalue weighted by Crippen LogP contribution is -2.24. The van der Waals surface area contributed by atoms with Crippen molar-refractivity contribution in [3.05, 3.63) is 46.3 Å². The van der Waals surface area contributed by atoms with E-state index < -0.39 is 11.9 Å². The summed E-state index contributed by atoms with van der Waals surface area (Å²) in [5.41, 5.74) is 2.17. The van der Waals surface area contributed by atoms with Gasteiger partial charge in [-0.2, -0.15) is 0 Å². The largest absolute Gasteiger partial charge is 0.550 e. The Morgan fingerprint density at radius 2 is 1.73 bits per heavy atom. The maximum Gasteiger partial charge on any atom is 0.258 e. The Morgan fingerprint density at radius 3 is 2.46 bits per heavy atom. The molecule has 6 nitrogen and oxygen atoms in total. The Morgan fingerprint density at radius 1 is 1.00 bits per heavy atom. The maximum absolute atomic E-state index is 12.9. The van der Waals surface area contributed by atoms with Crippen LogP contribution in [0.4, 0.5) is 10.7 Å². The summed E-state index contributed by atoms with van der Waals surface area (Å²) in [5, 5.41) is 16.6. The Kier molecular flexibility index (Phi) is 5.68. The molecule has 1 aliphatic carbocycles. The summed E-state index contributed by atoms with van der Waals surface area (Å²) >= 11 is 1.41. The number of nitrogens with one attached hydrogen (secondary N) is 2. The van der Waals surface area contributed by atoms with Crippen LogP contribution in [0.5, 0.6) is 0 Å². The standard InChI is InChI=1S/C19H20N2O4S/c22-15(10-11-16(23)24)21-19-17(13-8-4-5-9-14(13)26-19)18(25)20-12-6-2-1-3-7-12/h1-3,6-7H,4-5,8-11H2,(H,20,25)(H,21,22)(H,23,24)/p-1. The van der Waals surface area contributed by atoms with Crippen LogP contribution in [0.2, 0.25) is 0 Å². The molecular weight excluding hydrogens is 352 g/mol.